The Morgan fingerprint density at radius 1 is 1.58 bits per heavy atom. The Bertz CT molecular complexity index is 317. The summed E-state index contributed by atoms with van der Waals surface area (Å²) in [6, 6.07) is 0. The fourth-order valence-electron chi connectivity index (χ4n) is 1.07. The van der Waals surface area contributed by atoms with E-state index in [1.54, 1.807) is 0 Å². The zero-order valence-corrected chi connectivity index (χ0v) is 7.42. The van der Waals surface area contributed by atoms with Crippen LogP contribution in [-0.2, 0) is 0 Å². The molecule has 0 fully saturated rings. The molecule has 0 amide bonds. The molecule has 0 atom stereocenters. The summed E-state index contributed by atoms with van der Waals surface area (Å²) in [5, 5.41) is 0. The van der Waals surface area contributed by atoms with E-state index in [1.807, 2.05) is 13.8 Å². The Morgan fingerprint density at radius 2 is 2.25 bits per heavy atom. The van der Waals surface area contributed by atoms with Crippen LogP contribution >= 0.6 is 0 Å². The van der Waals surface area contributed by atoms with Gasteiger partial charge >= 0.3 is 0 Å². The van der Waals surface area contributed by atoms with Crippen molar-refractivity contribution in [1.82, 2.24) is 9.97 Å². The van der Waals surface area contributed by atoms with Gasteiger partial charge in [0.1, 0.15) is 0 Å². The normalized spacial score (nSPS) is 10.3. The van der Waals surface area contributed by atoms with Gasteiger partial charge in [0, 0.05) is 0 Å². The predicted molar refractivity (Wildman–Crippen MR) is 45.5 cm³/mol. The number of hydrogen-bond donors (Lipinski definition) is 1. The van der Waals surface area contributed by atoms with Crippen molar-refractivity contribution in [3.63, 3.8) is 0 Å². The Balaban J connectivity index is 3.30. The number of aromatic nitrogens is 2. The van der Waals surface area contributed by atoms with Gasteiger partial charge in [-0.05, 0) is 5.92 Å². The quantitative estimate of drug-likeness (QED) is 0.713. The average Bonchev–Trinajstić information content (AvgIpc) is 2.03. The van der Waals surface area contributed by atoms with E-state index in [4.69, 9.17) is 4.74 Å². The molecule has 0 bridgehead atoms. The van der Waals surface area contributed by atoms with Crippen LogP contribution in [0, 0.1) is 0 Å². The van der Waals surface area contributed by atoms with E-state index in [0.29, 0.717) is 11.4 Å². The van der Waals surface area contributed by atoms with Crippen molar-refractivity contribution in [1.29, 1.82) is 0 Å². The predicted octanol–water partition coefficient (Wildman–Crippen LogP) is 0.902. The molecule has 1 aromatic rings. The molecule has 1 heterocycles. The number of methoxy groups -OCH3 is 1. The van der Waals surface area contributed by atoms with E-state index in [-0.39, 0.29) is 11.5 Å². The Labute approximate surface area is 70.6 Å². The summed E-state index contributed by atoms with van der Waals surface area (Å²) < 4.78 is 4.96. The van der Waals surface area contributed by atoms with Gasteiger partial charge in [-0.1, -0.05) is 13.8 Å². The van der Waals surface area contributed by atoms with Crippen LogP contribution in [0.25, 0.3) is 0 Å². The van der Waals surface area contributed by atoms with Crippen LogP contribution in [0.3, 0.4) is 0 Å². The molecule has 66 valence electrons. The molecule has 1 aromatic heterocycles. The van der Waals surface area contributed by atoms with Gasteiger partial charge in [-0.25, -0.2) is 4.98 Å². The first-order chi connectivity index (χ1) is 5.66. The van der Waals surface area contributed by atoms with Crippen molar-refractivity contribution in [3.05, 3.63) is 22.2 Å². The van der Waals surface area contributed by atoms with Crippen molar-refractivity contribution in [3.8, 4) is 5.88 Å². The van der Waals surface area contributed by atoms with Gasteiger partial charge in [-0.15, -0.1) is 0 Å². The van der Waals surface area contributed by atoms with Crippen molar-refractivity contribution in [2.75, 3.05) is 7.11 Å². The molecule has 0 unspecified atom stereocenters. The minimum absolute atomic E-state index is 0.123. The van der Waals surface area contributed by atoms with Crippen molar-refractivity contribution >= 4 is 0 Å². The summed E-state index contributed by atoms with van der Waals surface area (Å²) >= 11 is 0. The first kappa shape index (κ1) is 8.77. The van der Waals surface area contributed by atoms with E-state index in [2.05, 4.69) is 9.97 Å². The van der Waals surface area contributed by atoms with Crippen molar-refractivity contribution in [2.45, 2.75) is 19.8 Å². The molecule has 4 heteroatoms. The topological polar surface area (TPSA) is 55.0 Å². The summed E-state index contributed by atoms with van der Waals surface area (Å²) in [6.45, 7) is 3.85. The molecule has 0 saturated heterocycles. The molecule has 0 spiro atoms. The lowest BCUT2D eigenvalue weighted by Gasteiger charge is -2.07. The van der Waals surface area contributed by atoms with E-state index in [1.165, 1.54) is 13.4 Å². The van der Waals surface area contributed by atoms with Crippen LogP contribution in [0.4, 0.5) is 0 Å². The van der Waals surface area contributed by atoms with E-state index < -0.39 is 0 Å². The molecule has 0 aliphatic rings. The standard InChI is InChI=1S/C8H12N2O2/c1-5(2)6-7(11)9-4-10-8(6)12-3/h4-5H,1-3H3,(H,9,10,11). The summed E-state index contributed by atoms with van der Waals surface area (Å²) in [5.74, 6) is 0.533. The second-order valence-corrected chi connectivity index (χ2v) is 2.81. The van der Waals surface area contributed by atoms with E-state index in [9.17, 15) is 4.79 Å². The molecular weight excluding hydrogens is 156 g/mol. The van der Waals surface area contributed by atoms with Crippen LogP contribution in [0.5, 0.6) is 5.88 Å². The molecule has 1 N–H and O–H groups in total. The molecule has 0 aliphatic heterocycles. The number of rotatable bonds is 2. The number of nitrogens with one attached hydrogen (secondary N) is 1. The van der Waals surface area contributed by atoms with Gasteiger partial charge in [0.2, 0.25) is 5.88 Å². The van der Waals surface area contributed by atoms with E-state index in [0.717, 1.165) is 0 Å². The lowest BCUT2D eigenvalue weighted by molar-refractivity contribution is 0.388. The van der Waals surface area contributed by atoms with Gasteiger partial charge in [-0.2, -0.15) is 0 Å². The summed E-state index contributed by atoms with van der Waals surface area (Å²) in [6.07, 6.45) is 1.34. The fourth-order valence-corrected chi connectivity index (χ4v) is 1.07. The number of H-pyrrole nitrogens is 1. The zero-order valence-electron chi connectivity index (χ0n) is 7.42. The average molecular weight is 168 g/mol. The number of ether oxygens (including phenoxy) is 1. The minimum Gasteiger partial charge on any atom is -0.481 e. The van der Waals surface area contributed by atoms with Crippen LogP contribution < -0.4 is 10.3 Å². The summed E-state index contributed by atoms with van der Waals surface area (Å²) in [5.41, 5.74) is 0.469. The second-order valence-electron chi connectivity index (χ2n) is 2.81. The molecule has 4 nitrogen and oxygen atoms in total. The van der Waals surface area contributed by atoms with Crippen LogP contribution in [0.2, 0.25) is 0 Å². The van der Waals surface area contributed by atoms with E-state index >= 15 is 0 Å². The first-order valence-electron chi connectivity index (χ1n) is 3.78. The highest BCUT2D eigenvalue weighted by Crippen LogP contribution is 2.18. The SMILES string of the molecule is COc1nc[nH]c(=O)c1C(C)C. The Morgan fingerprint density at radius 3 is 2.67 bits per heavy atom. The van der Waals surface area contributed by atoms with Crippen LogP contribution in [0.1, 0.15) is 25.3 Å². The van der Waals surface area contributed by atoms with Gasteiger partial charge in [-0.3, -0.25) is 4.79 Å². The number of hydrogen-bond acceptors (Lipinski definition) is 3. The Kier molecular flexibility index (Phi) is 2.47. The van der Waals surface area contributed by atoms with Crippen LogP contribution in [0.15, 0.2) is 11.1 Å². The highest BCUT2D eigenvalue weighted by molar-refractivity contribution is 5.25. The first-order valence-corrected chi connectivity index (χ1v) is 3.78. The minimum atomic E-state index is -0.128. The van der Waals surface area contributed by atoms with Gasteiger partial charge in [0.15, 0.2) is 0 Å². The third-order valence-electron chi connectivity index (χ3n) is 1.62. The lowest BCUT2D eigenvalue weighted by atomic mass is 10.1. The summed E-state index contributed by atoms with van der Waals surface area (Å²) in [7, 11) is 1.51. The molecule has 1 rings (SSSR count). The van der Waals surface area contributed by atoms with Gasteiger partial charge in [0.05, 0.1) is 19.0 Å². The second kappa shape index (κ2) is 3.38. The number of nitrogens with zero attached hydrogens (tertiary/aromatic N) is 1. The maximum atomic E-state index is 11.3. The largest absolute Gasteiger partial charge is 0.481 e. The van der Waals surface area contributed by atoms with Crippen molar-refractivity contribution < 1.29 is 4.74 Å². The molecule has 0 aliphatic carbocycles. The molecule has 12 heavy (non-hydrogen) atoms. The fraction of sp³-hybridized carbons (Fsp3) is 0.500. The molecule has 0 radical (unpaired) electrons. The molecular formula is C8H12N2O2. The lowest BCUT2D eigenvalue weighted by Crippen LogP contribution is -2.15. The van der Waals surface area contributed by atoms with Crippen molar-refractivity contribution in [2.24, 2.45) is 0 Å². The Hall–Kier alpha value is -1.32. The molecule has 0 saturated carbocycles. The smallest absolute Gasteiger partial charge is 0.257 e. The highest BCUT2D eigenvalue weighted by Gasteiger charge is 2.11. The third-order valence-corrected chi connectivity index (χ3v) is 1.62. The summed E-state index contributed by atoms with van der Waals surface area (Å²) in [4.78, 5) is 17.7. The number of aromatic amines is 1. The maximum Gasteiger partial charge on any atom is 0.257 e. The van der Waals surface area contributed by atoms with Crippen LogP contribution in [-0.4, -0.2) is 17.1 Å². The zero-order chi connectivity index (χ0) is 9.14. The van der Waals surface area contributed by atoms with Gasteiger partial charge in [0.25, 0.3) is 5.56 Å². The van der Waals surface area contributed by atoms with Gasteiger partial charge < -0.3 is 9.72 Å². The highest BCUT2D eigenvalue weighted by atomic mass is 16.5. The maximum absolute atomic E-state index is 11.3. The monoisotopic (exact) mass is 168 g/mol. The molecule has 0 aromatic carbocycles. The third kappa shape index (κ3) is 1.47.